The zero-order chi connectivity index (χ0) is 18.0. The molecule has 2 N–H and O–H groups in total. The van der Waals surface area contributed by atoms with Crippen LogP contribution in [0.1, 0.15) is 11.3 Å². The van der Waals surface area contributed by atoms with E-state index in [9.17, 15) is 14.4 Å². The average molecular weight is 363 g/mol. The van der Waals surface area contributed by atoms with Gasteiger partial charge in [0.15, 0.2) is 0 Å². The van der Waals surface area contributed by atoms with Crippen LogP contribution in [0.25, 0.3) is 0 Å². The molecule has 0 spiro atoms. The van der Waals surface area contributed by atoms with E-state index < -0.39 is 11.2 Å². The predicted molar refractivity (Wildman–Crippen MR) is 96.4 cm³/mol. The van der Waals surface area contributed by atoms with Crippen LogP contribution >= 0.6 is 11.6 Å². The van der Waals surface area contributed by atoms with Gasteiger partial charge in [0.1, 0.15) is 0 Å². The van der Waals surface area contributed by atoms with Crippen molar-refractivity contribution in [1.29, 1.82) is 0 Å². The lowest BCUT2D eigenvalue weighted by Crippen LogP contribution is -2.49. The quantitative estimate of drug-likeness (QED) is 0.849. The summed E-state index contributed by atoms with van der Waals surface area (Å²) in [5.74, 6) is -0.126. The number of hydrogen-bond acceptors (Lipinski definition) is 4. The minimum Gasteiger partial charge on any atom is -0.367 e. The van der Waals surface area contributed by atoms with Crippen molar-refractivity contribution in [1.82, 2.24) is 14.9 Å². The van der Waals surface area contributed by atoms with Gasteiger partial charge >= 0.3 is 5.69 Å². The Labute approximate surface area is 149 Å². The number of nitrogens with one attached hydrogen (secondary N) is 2. The molecular formula is C17H19ClN4O3. The fourth-order valence-corrected chi connectivity index (χ4v) is 3.26. The minimum atomic E-state index is -0.563. The standard InChI is InChI=1S/C17H19ClN4O3/c1-11-12(16(24)20-17(25)19-11)10-15(23)22-8-6-21(7-9-22)14-5-3-2-4-13(14)18/h2-5H,6-10H2,1H3,(H2,19,20,24,25). The molecule has 0 unspecified atom stereocenters. The maximum absolute atomic E-state index is 12.5. The van der Waals surface area contributed by atoms with Crippen LogP contribution in [-0.4, -0.2) is 47.0 Å². The second-order valence-corrected chi connectivity index (χ2v) is 6.42. The summed E-state index contributed by atoms with van der Waals surface area (Å²) in [6, 6.07) is 7.63. The zero-order valence-corrected chi connectivity index (χ0v) is 14.6. The monoisotopic (exact) mass is 362 g/mol. The van der Waals surface area contributed by atoms with E-state index in [1.165, 1.54) is 0 Å². The Balaban J connectivity index is 1.65. The molecule has 1 amide bonds. The first-order valence-corrected chi connectivity index (χ1v) is 8.43. The number of para-hydroxylation sites is 1. The Morgan fingerprint density at radius 1 is 1.12 bits per heavy atom. The van der Waals surface area contributed by atoms with Crippen LogP contribution in [0.3, 0.4) is 0 Å². The van der Waals surface area contributed by atoms with Crippen LogP contribution in [0.4, 0.5) is 5.69 Å². The number of H-pyrrole nitrogens is 2. The molecule has 25 heavy (non-hydrogen) atoms. The SMILES string of the molecule is Cc1[nH]c(=O)[nH]c(=O)c1CC(=O)N1CCN(c2ccccc2Cl)CC1. The largest absolute Gasteiger partial charge is 0.367 e. The first-order chi connectivity index (χ1) is 12.0. The molecule has 0 radical (unpaired) electrons. The maximum atomic E-state index is 12.5. The van der Waals surface area contributed by atoms with Gasteiger partial charge < -0.3 is 14.8 Å². The van der Waals surface area contributed by atoms with Gasteiger partial charge in [-0.3, -0.25) is 14.6 Å². The Bertz CT molecular complexity index is 897. The summed E-state index contributed by atoms with van der Waals surface area (Å²) >= 11 is 6.22. The molecule has 3 rings (SSSR count). The van der Waals surface area contributed by atoms with Gasteiger partial charge in [0.2, 0.25) is 5.91 Å². The number of hydrogen-bond donors (Lipinski definition) is 2. The predicted octanol–water partition coefficient (Wildman–Crippen LogP) is 0.916. The zero-order valence-electron chi connectivity index (χ0n) is 13.8. The molecule has 7 nitrogen and oxygen atoms in total. The first-order valence-electron chi connectivity index (χ1n) is 8.05. The lowest BCUT2D eigenvalue weighted by molar-refractivity contribution is -0.130. The number of amides is 1. The number of piperazine rings is 1. The van der Waals surface area contributed by atoms with E-state index >= 15 is 0 Å². The molecule has 2 aromatic rings. The van der Waals surface area contributed by atoms with Crippen molar-refractivity contribution in [3.63, 3.8) is 0 Å². The van der Waals surface area contributed by atoms with Crippen molar-refractivity contribution in [2.75, 3.05) is 31.1 Å². The molecule has 1 aromatic heterocycles. The number of carbonyl (C=O) groups excluding carboxylic acids is 1. The van der Waals surface area contributed by atoms with Gasteiger partial charge in [-0.2, -0.15) is 0 Å². The number of aryl methyl sites for hydroxylation is 1. The smallest absolute Gasteiger partial charge is 0.325 e. The molecule has 2 heterocycles. The summed E-state index contributed by atoms with van der Waals surface area (Å²) in [6.07, 6.45) is -0.0238. The number of benzene rings is 1. The number of nitrogens with zero attached hydrogens (tertiary/aromatic N) is 2. The van der Waals surface area contributed by atoms with E-state index in [2.05, 4.69) is 14.9 Å². The Hall–Kier alpha value is -2.54. The van der Waals surface area contributed by atoms with Crippen molar-refractivity contribution in [3.05, 3.63) is 61.4 Å². The summed E-state index contributed by atoms with van der Waals surface area (Å²) in [6.45, 7) is 4.09. The highest BCUT2D eigenvalue weighted by Gasteiger charge is 2.23. The van der Waals surface area contributed by atoms with Gasteiger partial charge in [-0.1, -0.05) is 23.7 Å². The van der Waals surface area contributed by atoms with E-state index in [0.29, 0.717) is 42.5 Å². The summed E-state index contributed by atoms with van der Waals surface area (Å²) < 4.78 is 0. The van der Waals surface area contributed by atoms with Gasteiger partial charge in [-0.05, 0) is 19.1 Å². The topological polar surface area (TPSA) is 89.3 Å². The summed E-state index contributed by atoms with van der Waals surface area (Å²) in [5.41, 5.74) is 0.621. The molecular weight excluding hydrogens is 344 g/mol. The second kappa shape index (κ2) is 7.14. The number of rotatable bonds is 3. The van der Waals surface area contributed by atoms with E-state index in [-0.39, 0.29) is 12.3 Å². The Morgan fingerprint density at radius 3 is 2.44 bits per heavy atom. The third-order valence-corrected chi connectivity index (χ3v) is 4.73. The summed E-state index contributed by atoms with van der Waals surface area (Å²) in [5, 5.41) is 0.692. The molecule has 1 aliphatic heterocycles. The number of anilines is 1. The summed E-state index contributed by atoms with van der Waals surface area (Å²) in [4.78, 5) is 44.2. The molecule has 8 heteroatoms. The first kappa shape index (κ1) is 17.3. The summed E-state index contributed by atoms with van der Waals surface area (Å²) in [7, 11) is 0. The second-order valence-electron chi connectivity index (χ2n) is 6.01. The molecule has 0 bridgehead atoms. The third-order valence-electron chi connectivity index (χ3n) is 4.41. The lowest BCUT2D eigenvalue weighted by Gasteiger charge is -2.36. The highest BCUT2D eigenvalue weighted by atomic mass is 35.5. The third kappa shape index (κ3) is 3.76. The van der Waals surface area contributed by atoms with Crippen LogP contribution in [0, 0.1) is 6.92 Å². The van der Waals surface area contributed by atoms with E-state index in [4.69, 9.17) is 11.6 Å². The van der Waals surface area contributed by atoms with E-state index in [0.717, 1.165) is 5.69 Å². The molecule has 132 valence electrons. The van der Waals surface area contributed by atoms with Crippen LogP contribution < -0.4 is 16.1 Å². The van der Waals surface area contributed by atoms with Gasteiger partial charge in [-0.25, -0.2) is 4.79 Å². The molecule has 0 atom stereocenters. The minimum absolute atomic E-state index is 0.0238. The van der Waals surface area contributed by atoms with Crippen LogP contribution in [0.2, 0.25) is 5.02 Å². The van der Waals surface area contributed by atoms with E-state index in [1.807, 2.05) is 24.3 Å². The molecule has 1 aliphatic rings. The van der Waals surface area contributed by atoms with Crippen LogP contribution in [0.5, 0.6) is 0 Å². The van der Waals surface area contributed by atoms with Gasteiger partial charge in [-0.15, -0.1) is 0 Å². The van der Waals surface area contributed by atoms with Gasteiger partial charge in [0.25, 0.3) is 5.56 Å². The van der Waals surface area contributed by atoms with Gasteiger partial charge in [0.05, 0.1) is 17.1 Å². The highest BCUT2D eigenvalue weighted by molar-refractivity contribution is 6.33. The van der Waals surface area contributed by atoms with Crippen molar-refractivity contribution >= 4 is 23.2 Å². The molecule has 1 aromatic carbocycles. The van der Waals surface area contributed by atoms with Crippen molar-refractivity contribution in [2.45, 2.75) is 13.3 Å². The number of carbonyl (C=O) groups is 1. The lowest BCUT2D eigenvalue weighted by atomic mass is 10.1. The maximum Gasteiger partial charge on any atom is 0.325 e. The Kier molecular flexibility index (Phi) is 4.94. The molecule has 1 fully saturated rings. The van der Waals surface area contributed by atoms with E-state index in [1.54, 1.807) is 11.8 Å². The number of aromatic amines is 2. The van der Waals surface area contributed by atoms with Crippen LogP contribution in [-0.2, 0) is 11.2 Å². The Morgan fingerprint density at radius 2 is 1.80 bits per heavy atom. The average Bonchev–Trinajstić information content (AvgIpc) is 2.58. The van der Waals surface area contributed by atoms with Crippen LogP contribution in [0.15, 0.2) is 33.9 Å². The van der Waals surface area contributed by atoms with Crippen molar-refractivity contribution < 1.29 is 4.79 Å². The molecule has 0 saturated carbocycles. The van der Waals surface area contributed by atoms with Crippen molar-refractivity contribution in [3.8, 4) is 0 Å². The fraction of sp³-hybridized carbons (Fsp3) is 0.353. The van der Waals surface area contributed by atoms with Gasteiger partial charge in [0, 0.05) is 37.4 Å². The number of aromatic nitrogens is 2. The van der Waals surface area contributed by atoms with Crippen molar-refractivity contribution in [2.24, 2.45) is 0 Å². The molecule has 0 aliphatic carbocycles. The highest BCUT2D eigenvalue weighted by Crippen LogP contribution is 2.26. The molecule has 1 saturated heterocycles. The number of halogens is 1. The normalized spacial score (nSPS) is 14.6. The fourth-order valence-electron chi connectivity index (χ4n) is 3.01.